The number of hydrogen-bond acceptors (Lipinski definition) is 1. The van der Waals surface area contributed by atoms with E-state index in [0.29, 0.717) is 22.1 Å². The minimum atomic E-state index is 0.238. The minimum absolute atomic E-state index is 0.238. The van der Waals surface area contributed by atoms with Crippen LogP contribution in [0, 0.1) is 5.92 Å². The van der Waals surface area contributed by atoms with E-state index in [-0.39, 0.29) is 4.83 Å². The average Bonchev–Trinajstić information content (AvgIpc) is 2.64. The van der Waals surface area contributed by atoms with Crippen molar-refractivity contribution in [1.29, 1.82) is 0 Å². The molecule has 2 rings (SSSR count). The van der Waals surface area contributed by atoms with E-state index in [9.17, 15) is 0 Å². The van der Waals surface area contributed by atoms with Gasteiger partial charge in [0.15, 0.2) is 0 Å². The van der Waals surface area contributed by atoms with Crippen LogP contribution in [0.3, 0.4) is 0 Å². The summed E-state index contributed by atoms with van der Waals surface area (Å²) in [5, 5.41) is 1.39. The molecule has 4 heteroatoms. The third-order valence-corrected chi connectivity index (χ3v) is 4.71. The molecule has 3 unspecified atom stereocenters. The lowest BCUT2D eigenvalue weighted by Gasteiger charge is -2.17. The average molecular weight is 324 g/mol. The molecule has 0 bridgehead atoms. The Balaban J connectivity index is 2.17. The molecular weight excluding hydrogens is 311 g/mol. The summed E-state index contributed by atoms with van der Waals surface area (Å²) in [5.41, 5.74) is 1.09. The molecule has 0 saturated carbocycles. The predicted molar refractivity (Wildman–Crippen MR) is 71.7 cm³/mol. The second-order valence-corrected chi connectivity index (χ2v) is 6.04. The first-order valence-corrected chi connectivity index (χ1v) is 6.95. The second-order valence-electron chi connectivity index (χ2n) is 4.21. The van der Waals surface area contributed by atoms with Gasteiger partial charge >= 0.3 is 0 Å². The summed E-state index contributed by atoms with van der Waals surface area (Å²) in [5.74, 6) is 0.480. The highest BCUT2D eigenvalue weighted by Gasteiger charge is 2.29. The number of hydrogen-bond donors (Lipinski definition) is 0. The third kappa shape index (κ3) is 2.73. The van der Waals surface area contributed by atoms with Crippen molar-refractivity contribution in [3.8, 4) is 0 Å². The monoisotopic (exact) mass is 322 g/mol. The second kappa shape index (κ2) is 5.26. The number of alkyl halides is 1. The van der Waals surface area contributed by atoms with E-state index >= 15 is 0 Å². The van der Waals surface area contributed by atoms with Gasteiger partial charge in [0.05, 0.1) is 12.7 Å². The Morgan fingerprint density at radius 2 is 2.19 bits per heavy atom. The number of benzene rings is 1. The fraction of sp³-hybridized carbons (Fsp3) is 0.500. The molecule has 1 aliphatic rings. The van der Waals surface area contributed by atoms with Crippen molar-refractivity contribution in [1.82, 2.24) is 0 Å². The Hall–Kier alpha value is 0.240. The molecule has 1 saturated heterocycles. The van der Waals surface area contributed by atoms with E-state index in [0.717, 1.165) is 18.6 Å². The molecule has 0 radical (unpaired) electrons. The minimum Gasteiger partial charge on any atom is -0.378 e. The fourth-order valence-corrected chi connectivity index (χ4v) is 3.46. The molecule has 1 aromatic rings. The van der Waals surface area contributed by atoms with E-state index in [1.54, 1.807) is 6.07 Å². The molecule has 1 aromatic carbocycles. The fourth-order valence-electron chi connectivity index (χ4n) is 2.03. The zero-order valence-corrected chi connectivity index (χ0v) is 12.0. The Bertz CT molecular complexity index is 383. The van der Waals surface area contributed by atoms with E-state index < -0.39 is 0 Å². The van der Waals surface area contributed by atoms with Crippen molar-refractivity contribution in [3.05, 3.63) is 33.8 Å². The van der Waals surface area contributed by atoms with Crippen molar-refractivity contribution in [2.75, 3.05) is 6.61 Å². The zero-order valence-electron chi connectivity index (χ0n) is 8.92. The molecule has 3 atom stereocenters. The molecular formula is C12H13BrCl2O. The van der Waals surface area contributed by atoms with Gasteiger partial charge in [0.2, 0.25) is 0 Å². The quantitative estimate of drug-likeness (QED) is 0.707. The highest BCUT2D eigenvalue weighted by atomic mass is 79.9. The van der Waals surface area contributed by atoms with Gasteiger partial charge in [-0.15, -0.1) is 0 Å². The summed E-state index contributed by atoms with van der Waals surface area (Å²) in [6, 6.07) is 5.63. The van der Waals surface area contributed by atoms with Crippen LogP contribution in [0.15, 0.2) is 18.2 Å². The Kier molecular flexibility index (Phi) is 4.17. The van der Waals surface area contributed by atoms with Gasteiger partial charge in [-0.1, -0.05) is 45.2 Å². The predicted octanol–water partition coefficient (Wildman–Crippen LogP) is 4.85. The van der Waals surface area contributed by atoms with Crippen LogP contribution in [0.25, 0.3) is 0 Å². The molecule has 1 fully saturated rings. The zero-order chi connectivity index (χ0) is 11.7. The largest absolute Gasteiger partial charge is 0.378 e. The maximum Gasteiger partial charge on any atom is 0.0551 e. The van der Waals surface area contributed by atoms with Crippen LogP contribution in [0.2, 0.25) is 10.0 Å². The Labute approximate surface area is 114 Å². The molecule has 0 aliphatic carbocycles. The molecule has 0 spiro atoms. The molecule has 88 valence electrons. The highest BCUT2D eigenvalue weighted by Crippen LogP contribution is 2.41. The molecule has 0 N–H and O–H groups in total. The summed E-state index contributed by atoms with van der Waals surface area (Å²) in [7, 11) is 0. The van der Waals surface area contributed by atoms with Crippen LogP contribution in [0.5, 0.6) is 0 Å². The lowest BCUT2D eigenvalue weighted by Crippen LogP contribution is -2.08. The van der Waals surface area contributed by atoms with Crippen LogP contribution in [-0.2, 0) is 4.74 Å². The molecule has 1 heterocycles. The molecule has 1 aliphatic heterocycles. The molecule has 0 aromatic heterocycles. The molecule has 0 amide bonds. The van der Waals surface area contributed by atoms with E-state index in [1.165, 1.54) is 0 Å². The van der Waals surface area contributed by atoms with Gasteiger partial charge in [-0.25, -0.2) is 0 Å². The van der Waals surface area contributed by atoms with E-state index in [2.05, 4.69) is 22.9 Å². The van der Waals surface area contributed by atoms with Crippen molar-refractivity contribution < 1.29 is 4.74 Å². The van der Waals surface area contributed by atoms with Crippen LogP contribution < -0.4 is 0 Å². The summed E-state index contributed by atoms with van der Waals surface area (Å²) < 4.78 is 5.57. The van der Waals surface area contributed by atoms with Crippen LogP contribution in [0.1, 0.15) is 23.7 Å². The first kappa shape index (κ1) is 12.7. The van der Waals surface area contributed by atoms with Crippen LogP contribution >= 0.6 is 39.1 Å². The number of rotatable bonds is 2. The van der Waals surface area contributed by atoms with E-state index in [4.69, 9.17) is 27.9 Å². The van der Waals surface area contributed by atoms with Crippen molar-refractivity contribution in [2.45, 2.75) is 24.3 Å². The summed E-state index contributed by atoms with van der Waals surface area (Å²) in [4.78, 5) is 0.238. The van der Waals surface area contributed by atoms with Gasteiger partial charge in [-0.3, -0.25) is 0 Å². The van der Waals surface area contributed by atoms with Crippen molar-refractivity contribution in [3.63, 3.8) is 0 Å². The van der Waals surface area contributed by atoms with Crippen LogP contribution in [-0.4, -0.2) is 12.7 Å². The highest BCUT2D eigenvalue weighted by molar-refractivity contribution is 9.09. The van der Waals surface area contributed by atoms with Gasteiger partial charge < -0.3 is 4.74 Å². The summed E-state index contributed by atoms with van der Waals surface area (Å²) in [6.45, 7) is 2.89. The van der Waals surface area contributed by atoms with Crippen LogP contribution in [0.4, 0.5) is 0 Å². The third-order valence-electron chi connectivity index (χ3n) is 2.90. The molecule has 16 heavy (non-hydrogen) atoms. The van der Waals surface area contributed by atoms with Gasteiger partial charge in [-0.05, 0) is 31.0 Å². The van der Waals surface area contributed by atoms with Crippen molar-refractivity contribution >= 4 is 39.1 Å². The lowest BCUT2D eigenvalue weighted by molar-refractivity contribution is 0.120. The van der Waals surface area contributed by atoms with Gasteiger partial charge in [0.1, 0.15) is 0 Å². The Morgan fingerprint density at radius 1 is 1.44 bits per heavy atom. The van der Waals surface area contributed by atoms with Gasteiger partial charge in [0.25, 0.3) is 0 Å². The maximum atomic E-state index is 6.18. The topological polar surface area (TPSA) is 9.23 Å². The first-order chi connectivity index (χ1) is 7.58. The molecule has 1 nitrogen and oxygen atoms in total. The summed E-state index contributed by atoms with van der Waals surface area (Å²) in [6.07, 6.45) is 1.41. The normalized spacial score (nSPS) is 27.0. The number of halogens is 3. The maximum absolute atomic E-state index is 6.18. The van der Waals surface area contributed by atoms with E-state index in [1.807, 2.05) is 12.1 Å². The van der Waals surface area contributed by atoms with Gasteiger partial charge in [0, 0.05) is 20.8 Å². The van der Waals surface area contributed by atoms with Crippen molar-refractivity contribution in [2.24, 2.45) is 5.92 Å². The van der Waals surface area contributed by atoms with Gasteiger partial charge in [-0.2, -0.15) is 0 Å². The standard InChI is InChI=1S/C12H13BrCl2O/c1-7-4-8(6-16-7)12(13)10-3-2-9(14)5-11(10)15/h2-3,5,7-8,12H,4,6H2,1H3. The SMILES string of the molecule is CC1CC(C(Br)c2ccc(Cl)cc2Cl)CO1. The first-order valence-electron chi connectivity index (χ1n) is 5.28. The summed E-state index contributed by atoms with van der Waals surface area (Å²) >= 11 is 15.8. The smallest absolute Gasteiger partial charge is 0.0551 e. The number of ether oxygens (including phenoxy) is 1. The Morgan fingerprint density at radius 3 is 2.75 bits per heavy atom. The lowest BCUT2D eigenvalue weighted by atomic mass is 9.97.